The highest BCUT2D eigenvalue weighted by atomic mass is 32.2. The number of aromatic nitrogens is 5. The smallest absolute Gasteiger partial charge is 0.277 e. The van der Waals surface area contributed by atoms with Gasteiger partial charge in [-0.1, -0.05) is 55.1 Å². The largest absolute Gasteiger partial charge is 0.411 e. The Morgan fingerprint density at radius 2 is 2.04 bits per heavy atom. The third kappa shape index (κ3) is 3.40. The van der Waals surface area contributed by atoms with Crippen LogP contribution in [0, 0.1) is 0 Å². The third-order valence-electron chi connectivity index (χ3n) is 3.58. The molecule has 0 aliphatic rings. The van der Waals surface area contributed by atoms with Gasteiger partial charge in [-0.25, -0.2) is 4.98 Å². The van der Waals surface area contributed by atoms with Crippen LogP contribution in [-0.4, -0.2) is 24.8 Å². The molecule has 4 rings (SSSR count). The molecule has 1 aromatic carbocycles. The molecule has 0 N–H and O–H groups in total. The summed E-state index contributed by atoms with van der Waals surface area (Å²) in [5.74, 6) is 1.20. The number of benzene rings is 1. The number of rotatable bonds is 5. The average molecular weight is 385 g/mol. The first kappa shape index (κ1) is 16.9. The van der Waals surface area contributed by atoms with Gasteiger partial charge in [0, 0.05) is 23.3 Å². The number of nitrogens with zero attached hydrogens (tertiary/aromatic N) is 5. The molecule has 0 spiro atoms. The fourth-order valence-electron chi connectivity index (χ4n) is 2.28. The van der Waals surface area contributed by atoms with Gasteiger partial charge in [0.05, 0.1) is 5.69 Å². The van der Waals surface area contributed by atoms with E-state index in [1.807, 2.05) is 44.2 Å². The first-order valence-electron chi connectivity index (χ1n) is 8.01. The summed E-state index contributed by atoms with van der Waals surface area (Å²) in [6, 6.07) is 11.1. The average Bonchev–Trinajstić information content (AvgIpc) is 3.28. The zero-order valence-corrected chi connectivity index (χ0v) is 15.8. The van der Waals surface area contributed by atoms with E-state index in [-0.39, 0.29) is 11.5 Å². The van der Waals surface area contributed by atoms with Crippen LogP contribution in [0.2, 0.25) is 0 Å². The standard InChI is InChI=1S/C17H15N5O2S2/c1-10(2)15-21-22-13(23)8-12(18-16(22)26-15)9-25-17-20-19-14(24-17)11-6-4-3-5-7-11/h3-8,10H,9H2,1-2H3. The molecule has 3 aromatic heterocycles. The van der Waals surface area contributed by atoms with Gasteiger partial charge in [0.2, 0.25) is 10.9 Å². The molecule has 7 nitrogen and oxygen atoms in total. The van der Waals surface area contributed by atoms with Crippen molar-refractivity contribution in [3.63, 3.8) is 0 Å². The fraction of sp³-hybridized carbons (Fsp3) is 0.235. The predicted octanol–water partition coefficient (Wildman–Crippen LogP) is 3.62. The van der Waals surface area contributed by atoms with Crippen molar-refractivity contribution in [2.75, 3.05) is 0 Å². The molecule has 4 aromatic rings. The molecule has 0 saturated heterocycles. The van der Waals surface area contributed by atoms with Crippen LogP contribution in [0.25, 0.3) is 16.4 Å². The SMILES string of the molecule is CC(C)c1nn2c(=O)cc(CSc3nnc(-c4ccccc4)o3)nc2s1. The van der Waals surface area contributed by atoms with Gasteiger partial charge in [0.15, 0.2) is 0 Å². The van der Waals surface area contributed by atoms with Crippen molar-refractivity contribution in [2.45, 2.75) is 30.7 Å². The van der Waals surface area contributed by atoms with E-state index in [0.717, 1.165) is 10.6 Å². The van der Waals surface area contributed by atoms with E-state index in [9.17, 15) is 4.79 Å². The van der Waals surface area contributed by atoms with Crippen molar-refractivity contribution in [1.29, 1.82) is 0 Å². The van der Waals surface area contributed by atoms with Crippen LogP contribution in [0.5, 0.6) is 0 Å². The summed E-state index contributed by atoms with van der Waals surface area (Å²) in [4.78, 5) is 17.4. The molecular formula is C17H15N5O2S2. The zero-order valence-electron chi connectivity index (χ0n) is 14.1. The Labute approximate surface area is 157 Å². The van der Waals surface area contributed by atoms with Crippen molar-refractivity contribution < 1.29 is 4.42 Å². The van der Waals surface area contributed by atoms with Gasteiger partial charge in [-0.15, -0.1) is 10.2 Å². The first-order chi connectivity index (χ1) is 12.6. The summed E-state index contributed by atoms with van der Waals surface area (Å²) in [5.41, 5.74) is 1.36. The van der Waals surface area contributed by atoms with Crippen LogP contribution < -0.4 is 5.56 Å². The van der Waals surface area contributed by atoms with Crippen molar-refractivity contribution >= 4 is 28.1 Å². The Balaban J connectivity index is 1.53. The van der Waals surface area contributed by atoms with Crippen molar-refractivity contribution in [3.05, 3.63) is 57.5 Å². The molecule has 0 aliphatic heterocycles. The molecule has 9 heteroatoms. The first-order valence-corrected chi connectivity index (χ1v) is 9.82. The lowest BCUT2D eigenvalue weighted by molar-refractivity contribution is 0.466. The molecule has 3 heterocycles. The van der Waals surface area contributed by atoms with E-state index in [0.29, 0.717) is 27.5 Å². The van der Waals surface area contributed by atoms with Gasteiger partial charge in [-0.2, -0.15) is 9.61 Å². The summed E-state index contributed by atoms with van der Waals surface area (Å²) < 4.78 is 7.02. The van der Waals surface area contributed by atoms with Crippen LogP contribution in [0.15, 0.2) is 50.8 Å². The maximum Gasteiger partial charge on any atom is 0.277 e. The van der Waals surface area contributed by atoms with Crippen LogP contribution in [0.3, 0.4) is 0 Å². The van der Waals surface area contributed by atoms with Crippen LogP contribution in [0.4, 0.5) is 0 Å². The van der Waals surface area contributed by atoms with Gasteiger partial charge >= 0.3 is 0 Å². The number of hydrogen-bond donors (Lipinski definition) is 0. The minimum Gasteiger partial charge on any atom is -0.411 e. The molecule has 0 aliphatic carbocycles. The Kier molecular flexibility index (Phi) is 4.56. The van der Waals surface area contributed by atoms with Crippen LogP contribution in [-0.2, 0) is 5.75 Å². The minimum absolute atomic E-state index is 0.177. The normalized spacial score (nSPS) is 11.5. The number of thioether (sulfide) groups is 1. The van der Waals surface area contributed by atoms with E-state index in [2.05, 4.69) is 20.3 Å². The Morgan fingerprint density at radius 3 is 2.81 bits per heavy atom. The fourth-order valence-corrected chi connectivity index (χ4v) is 3.86. The molecule has 0 unspecified atom stereocenters. The van der Waals surface area contributed by atoms with E-state index >= 15 is 0 Å². The summed E-state index contributed by atoms with van der Waals surface area (Å²) in [7, 11) is 0. The summed E-state index contributed by atoms with van der Waals surface area (Å²) in [5, 5.41) is 13.8. The summed E-state index contributed by atoms with van der Waals surface area (Å²) >= 11 is 2.79. The minimum atomic E-state index is -0.177. The molecule has 132 valence electrons. The van der Waals surface area contributed by atoms with Crippen molar-refractivity contribution in [3.8, 4) is 11.5 Å². The molecule has 0 fully saturated rings. The summed E-state index contributed by atoms with van der Waals surface area (Å²) in [6.07, 6.45) is 0. The van der Waals surface area contributed by atoms with Crippen LogP contribution in [0.1, 0.15) is 30.5 Å². The van der Waals surface area contributed by atoms with Gasteiger partial charge in [-0.3, -0.25) is 4.79 Å². The third-order valence-corrected chi connectivity index (χ3v) is 5.64. The van der Waals surface area contributed by atoms with Crippen LogP contribution >= 0.6 is 23.1 Å². The molecule has 0 amide bonds. The predicted molar refractivity (Wildman–Crippen MR) is 101 cm³/mol. The second-order valence-corrected chi connectivity index (χ2v) is 7.82. The Bertz CT molecular complexity index is 1100. The lowest BCUT2D eigenvalue weighted by Gasteiger charge is -1.97. The highest BCUT2D eigenvalue weighted by Crippen LogP contribution is 2.25. The molecule has 0 saturated carbocycles. The number of hydrogen-bond acceptors (Lipinski definition) is 8. The highest BCUT2D eigenvalue weighted by Gasteiger charge is 2.13. The van der Waals surface area contributed by atoms with E-state index in [1.165, 1.54) is 33.7 Å². The molecule has 0 bridgehead atoms. The highest BCUT2D eigenvalue weighted by molar-refractivity contribution is 7.98. The second kappa shape index (κ2) is 7.00. The van der Waals surface area contributed by atoms with Crippen molar-refractivity contribution in [1.82, 2.24) is 24.8 Å². The van der Waals surface area contributed by atoms with Gasteiger partial charge in [0.25, 0.3) is 10.8 Å². The lowest BCUT2D eigenvalue weighted by atomic mass is 10.2. The maximum atomic E-state index is 12.2. The molecule has 0 atom stereocenters. The number of fused-ring (bicyclic) bond motifs is 1. The van der Waals surface area contributed by atoms with E-state index < -0.39 is 0 Å². The van der Waals surface area contributed by atoms with Gasteiger partial charge < -0.3 is 4.42 Å². The van der Waals surface area contributed by atoms with Gasteiger partial charge in [-0.05, 0) is 12.1 Å². The Morgan fingerprint density at radius 1 is 1.23 bits per heavy atom. The maximum absolute atomic E-state index is 12.2. The quantitative estimate of drug-likeness (QED) is 0.485. The topological polar surface area (TPSA) is 86.2 Å². The molecule has 26 heavy (non-hydrogen) atoms. The second-order valence-electron chi connectivity index (χ2n) is 5.90. The van der Waals surface area contributed by atoms with E-state index in [1.54, 1.807) is 0 Å². The van der Waals surface area contributed by atoms with E-state index in [4.69, 9.17) is 4.42 Å². The van der Waals surface area contributed by atoms with Crippen molar-refractivity contribution in [2.24, 2.45) is 0 Å². The molecule has 0 radical (unpaired) electrons. The monoisotopic (exact) mass is 385 g/mol. The Hall–Kier alpha value is -2.52. The van der Waals surface area contributed by atoms with Gasteiger partial charge in [0.1, 0.15) is 5.01 Å². The summed E-state index contributed by atoms with van der Waals surface area (Å²) in [6.45, 7) is 4.08. The lowest BCUT2D eigenvalue weighted by Crippen LogP contribution is -2.15. The zero-order chi connectivity index (χ0) is 18.1. The molecular weight excluding hydrogens is 370 g/mol.